The minimum atomic E-state index is 0.979. The molecule has 2 heteroatoms. The van der Waals surface area contributed by atoms with Gasteiger partial charge < -0.3 is 9.80 Å². The van der Waals surface area contributed by atoms with Crippen LogP contribution in [0.1, 0.15) is 26.2 Å². The highest BCUT2D eigenvalue weighted by molar-refractivity contribution is 4.94. The normalized spacial score (nSPS) is 15.8. The van der Waals surface area contributed by atoms with Gasteiger partial charge in [-0.1, -0.05) is 26.3 Å². The van der Waals surface area contributed by atoms with E-state index in [4.69, 9.17) is 0 Å². The summed E-state index contributed by atoms with van der Waals surface area (Å²) in [5.41, 5.74) is 0. The molecule has 2 nitrogen and oxygen atoms in total. The van der Waals surface area contributed by atoms with Gasteiger partial charge in [-0.15, -0.1) is 0 Å². The van der Waals surface area contributed by atoms with E-state index in [0.717, 1.165) is 6.67 Å². The molecule has 0 N–H and O–H groups in total. The molecule has 0 fully saturated rings. The second-order valence-electron chi connectivity index (χ2n) is 3.16. The van der Waals surface area contributed by atoms with Crippen molar-refractivity contribution in [2.75, 3.05) is 13.2 Å². The summed E-state index contributed by atoms with van der Waals surface area (Å²) in [4.78, 5) is 4.41. The van der Waals surface area contributed by atoms with Crippen LogP contribution >= 0.6 is 0 Å². The topological polar surface area (TPSA) is 6.48 Å². The van der Waals surface area contributed by atoms with Crippen LogP contribution in [0.5, 0.6) is 0 Å². The minimum absolute atomic E-state index is 0.979. The van der Waals surface area contributed by atoms with Crippen molar-refractivity contribution >= 4 is 0 Å². The molecule has 0 saturated heterocycles. The third-order valence-corrected chi connectivity index (χ3v) is 2.10. The highest BCUT2D eigenvalue weighted by atomic mass is 15.3. The fourth-order valence-electron chi connectivity index (χ4n) is 1.31. The SMILES string of the molecule is C=CN1C=CN(CCCCC)C1. The van der Waals surface area contributed by atoms with Gasteiger partial charge in [0.15, 0.2) is 0 Å². The molecule has 0 unspecified atom stereocenters. The summed E-state index contributed by atoms with van der Waals surface area (Å²) in [6.45, 7) is 8.11. The Bertz CT molecular complexity index is 163. The van der Waals surface area contributed by atoms with Crippen molar-refractivity contribution in [3.63, 3.8) is 0 Å². The molecular weight excluding hydrogens is 148 g/mol. The van der Waals surface area contributed by atoms with Crippen LogP contribution in [0.4, 0.5) is 0 Å². The molecule has 0 aliphatic carbocycles. The van der Waals surface area contributed by atoms with Gasteiger partial charge >= 0.3 is 0 Å². The maximum Gasteiger partial charge on any atom is 0.0935 e. The predicted octanol–water partition coefficient (Wildman–Crippen LogP) is 2.37. The van der Waals surface area contributed by atoms with E-state index >= 15 is 0 Å². The van der Waals surface area contributed by atoms with Crippen molar-refractivity contribution in [2.24, 2.45) is 0 Å². The van der Waals surface area contributed by atoms with Crippen molar-refractivity contribution in [3.05, 3.63) is 25.2 Å². The van der Waals surface area contributed by atoms with E-state index < -0.39 is 0 Å². The average molecular weight is 166 g/mol. The van der Waals surface area contributed by atoms with Gasteiger partial charge in [0.2, 0.25) is 0 Å². The van der Waals surface area contributed by atoms with Gasteiger partial charge in [-0.2, -0.15) is 0 Å². The Kier molecular flexibility index (Phi) is 3.71. The number of unbranched alkanes of at least 4 members (excludes halogenated alkanes) is 2. The predicted molar refractivity (Wildman–Crippen MR) is 52.3 cm³/mol. The Morgan fingerprint density at radius 1 is 1.42 bits per heavy atom. The zero-order valence-corrected chi connectivity index (χ0v) is 7.87. The molecule has 1 aliphatic heterocycles. The van der Waals surface area contributed by atoms with Crippen LogP contribution in [0.3, 0.4) is 0 Å². The fourth-order valence-corrected chi connectivity index (χ4v) is 1.31. The summed E-state index contributed by atoms with van der Waals surface area (Å²) in [7, 11) is 0. The van der Waals surface area contributed by atoms with Gasteiger partial charge in [-0.05, 0) is 12.6 Å². The number of nitrogens with zero attached hydrogens (tertiary/aromatic N) is 2. The van der Waals surface area contributed by atoms with Crippen LogP contribution in [0.25, 0.3) is 0 Å². The summed E-state index contributed by atoms with van der Waals surface area (Å²) in [5.74, 6) is 0. The number of rotatable bonds is 5. The fraction of sp³-hybridized carbons (Fsp3) is 0.600. The van der Waals surface area contributed by atoms with E-state index in [1.807, 2.05) is 6.20 Å². The Labute approximate surface area is 75.2 Å². The van der Waals surface area contributed by atoms with Crippen molar-refractivity contribution < 1.29 is 0 Å². The first-order valence-corrected chi connectivity index (χ1v) is 4.67. The molecule has 0 atom stereocenters. The monoisotopic (exact) mass is 166 g/mol. The first-order valence-electron chi connectivity index (χ1n) is 4.67. The highest BCUT2D eigenvalue weighted by Gasteiger charge is 2.07. The molecule has 0 aromatic heterocycles. The second kappa shape index (κ2) is 4.86. The Morgan fingerprint density at radius 3 is 2.83 bits per heavy atom. The van der Waals surface area contributed by atoms with E-state index in [9.17, 15) is 0 Å². The van der Waals surface area contributed by atoms with Gasteiger partial charge in [0.05, 0.1) is 6.67 Å². The van der Waals surface area contributed by atoms with Crippen molar-refractivity contribution in [1.82, 2.24) is 9.80 Å². The van der Waals surface area contributed by atoms with Crippen LogP contribution in [-0.4, -0.2) is 23.0 Å². The summed E-state index contributed by atoms with van der Waals surface area (Å²) in [6, 6.07) is 0. The lowest BCUT2D eigenvalue weighted by Crippen LogP contribution is -2.22. The molecule has 0 aromatic rings. The van der Waals surface area contributed by atoms with Crippen LogP contribution in [0, 0.1) is 0 Å². The molecular formula is C10H18N2. The summed E-state index contributed by atoms with van der Waals surface area (Å²) >= 11 is 0. The maximum absolute atomic E-state index is 3.72. The van der Waals surface area contributed by atoms with E-state index in [-0.39, 0.29) is 0 Å². The smallest absolute Gasteiger partial charge is 0.0935 e. The third-order valence-electron chi connectivity index (χ3n) is 2.10. The first-order chi connectivity index (χ1) is 5.86. The Morgan fingerprint density at radius 2 is 2.25 bits per heavy atom. The Hall–Kier alpha value is -0.920. The zero-order valence-electron chi connectivity index (χ0n) is 7.87. The molecule has 1 heterocycles. The van der Waals surface area contributed by atoms with Gasteiger partial charge in [-0.3, -0.25) is 0 Å². The number of hydrogen-bond acceptors (Lipinski definition) is 2. The van der Waals surface area contributed by atoms with E-state index in [0.29, 0.717) is 0 Å². The van der Waals surface area contributed by atoms with Gasteiger partial charge in [0.1, 0.15) is 0 Å². The lowest BCUT2D eigenvalue weighted by Gasteiger charge is -2.17. The summed E-state index contributed by atoms with van der Waals surface area (Å²) in [5, 5.41) is 0. The largest absolute Gasteiger partial charge is 0.358 e. The molecule has 12 heavy (non-hydrogen) atoms. The minimum Gasteiger partial charge on any atom is -0.358 e. The van der Waals surface area contributed by atoms with E-state index in [1.54, 1.807) is 0 Å². The number of hydrogen-bond donors (Lipinski definition) is 0. The van der Waals surface area contributed by atoms with E-state index in [2.05, 4.69) is 35.7 Å². The van der Waals surface area contributed by atoms with Crippen LogP contribution in [0.15, 0.2) is 25.2 Å². The maximum atomic E-state index is 3.72. The lowest BCUT2D eigenvalue weighted by atomic mass is 10.2. The van der Waals surface area contributed by atoms with Crippen molar-refractivity contribution in [1.29, 1.82) is 0 Å². The highest BCUT2D eigenvalue weighted by Crippen LogP contribution is 2.07. The molecule has 1 aliphatic rings. The zero-order chi connectivity index (χ0) is 8.81. The summed E-state index contributed by atoms with van der Waals surface area (Å²) < 4.78 is 0. The second-order valence-corrected chi connectivity index (χ2v) is 3.16. The quantitative estimate of drug-likeness (QED) is 0.578. The van der Waals surface area contributed by atoms with Gasteiger partial charge in [0.25, 0.3) is 0 Å². The molecule has 0 radical (unpaired) electrons. The van der Waals surface area contributed by atoms with Crippen LogP contribution in [0.2, 0.25) is 0 Å². The lowest BCUT2D eigenvalue weighted by molar-refractivity contribution is 0.308. The van der Waals surface area contributed by atoms with Gasteiger partial charge in [-0.25, -0.2) is 0 Å². The van der Waals surface area contributed by atoms with Crippen molar-refractivity contribution in [2.45, 2.75) is 26.2 Å². The molecule has 0 saturated carbocycles. The molecule has 68 valence electrons. The Balaban J connectivity index is 2.12. The average Bonchev–Trinajstić information content (AvgIpc) is 2.53. The molecule has 0 amide bonds. The van der Waals surface area contributed by atoms with Crippen molar-refractivity contribution in [3.8, 4) is 0 Å². The third kappa shape index (κ3) is 2.61. The molecule has 0 bridgehead atoms. The van der Waals surface area contributed by atoms with E-state index in [1.165, 1.54) is 25.8 Å². The molecule has 1 rings (SSSR count). The standard InChI is InChI=1S/C10H18N2/c1-3-5-6-7-12-9-8-11(4-2)10-12/h4,8-9H,2-3,5-7,10H2,1H3. The van der Waals surface area contributed by atoms with Crippen LogP contribution in [-0.2, 0) is 0 Å². The van der Waals surface area contributed by atoms with Crippen LogP contribution < -0.4 is 0 Å². The van der Waals surface area contributed by atoms with Gasteiger partial charge in [0, 0.05) is 18.9 Å². The summed E-state index contributed by atoms with van der Waals surface area (Å²) in [6.07, 6.45) is 9.99. The molecule has 0 spiro atoms. The first kappa shape index (κ1) is 9.17. The molecule has 0 aromatic carbocycles.